The van der Waals surface area contributed by atoms with Gasteiger partial charge in [0.05, 0.1) is 37.4 Å². The Balaban J connectivity index is 2.17. The summed E-state index contributed by atoms with van der Waals surface area (Å²) in [5, 5.41) is -0.0633. The lowest BCUT2D eigenvalue weighted by Gasteiger charge is -2.17. The van der Waals surface area contributed by atoms with Crippen molar-refractivity contribution in [3.63, 3.8) is 0 Å². The quantitative estimate of drug-likeness (QED) is 0.403. The molecule has 0 spiro atoms. The average molecular weight is 484 g/mol. The SMILES string of the molecule is COC(=O)c1cc(C)nc2c1c(=O)n(Cc1ccc(F)cc1Cl)c(=O)n2-c1ccccc1OC. The number of aryl methyl sites for hydroxylation is 1. The van der Waals surface area contributed by atoms with Gasteiger partial charge in [0.1, 0.15) is 11.6 Å². The number of carbonyl (C=O) groups is 1. The lowest BCUT2D eigenvalue weighted by molar-refractivity contribution is 0.0602. The molecule has 0 unspecified atom stereocenters. The average Bonchev–Trinajstić information content (AvgIpc) is 2.82. The van der Waals surface area contributed by atoms with E-state index in [1.54, 1.807) is 31.2 Å². The Hall–Kier alpha value is -3.98. The Labute approximate surface area is 197 Å². The molecule has 0 radical (unpaired) electrons. The van der Waals surface area contributed by atoms with Crippen LogP contribution in [0.15, 0.2) is 58.1 Å². The van der Waals surface area contributed by atoms with E-state index < -0.39 is 23.0 Å². The Bertz CT molecular complexity index is 1560. The third-order valence-electron chi connectivity index (χ3n) is 5.30. The summed E-state index contributed by atoms with van der Waals surface area (Å²) in [4.78, 5) is 44.3. The molecule has 0 saturated heterocycles. The van der Waals surface area contributed by atoms with Crippen molar-refractivity contribution in [1.29, 1.82) is 0 Å². The van der Waals surface area contributed by atoms with Crippen LogP contribution in [0.2, 0.25) is 5.02 Å². The normalized spacial score (nSPS) is 11.0. The molecule has 0 atom stereocenters. The molecule has 0 amide bonds. The summed E-state index contributed by atoms with van der Waals surface area (Å²) in [6.07, 6.45) is 0. The van der Waals surface area contributed by atoms with Gasteiger partial charge in [0.2, 0.25) is 0 Å². The molecule has 0 aliphatic heterocycles. The predicted octanol–water partition coefficient (Wildman–Crippen LogP) is 3.49. The highest BCUT2D eigenvalue weighted by Crippen LogP contribution is 2.25. The zero-order chi connectivity index (χ0) is 24.6. The maximum absolute atomic E-state index is 13.7. The van der Waals surface area contributed by atoms with E-state index in [4.69, 9.17) is 21.1 Å². The number of hydrogen-bond acceptors (Lipinski definition) is 6. The van der Waals surface area contributed by atoms with Gasteiger partial charge >= 0.3 is 11.7 Å². The van der Waals surface area contributed by atoms with Crippen molar-refractivity contribution in [3.8, 4) is 11.4 Å². The predicted molar refractivity (Wildman–Crippen MR) is 125 cm³/mol. The number of benzene rings is 2. The molecule has 0 bridgehead atoms. The standard InChI is InChI=1S/C24H19ClFN3O5/c1-13-10-16(23(31)34-3)20-21(27-13)29(18-6-4-5-7-19(18)33-2)24(32)28(22(20)30)12-14-8-9-15(26)11-17(14)25/h4-11H,12H2,1-3H3. The molecule has 0 N–H and O–H groups in total. The van der Waals surface area contributed by atoms with Crippen molar-refractivity contribution in [3.05, 3.63) is 97.0 Å². The molecule has 8 nitrogen and oxygen atoms in total. The number of para-hydroxylation sites is 2. The van der Waals surface area contributed by atoms with E-state index in [1.807, 2.05) is 0 Å². The van der Waals surface area contributed by atoms with E-state index in [0.29, 0.717) is 22.7 Å². The van der Waals surface area contributed by atoms with Crippen LogP contribution in [-0.2, 0) is 11.3 Å². The van der Waals surface area contributed by atoms with E-state index in [9.17, 15) is 18.8 Å². The van der Waals surface area contributed by atoms with Gasteiger partial charge in [-0.2, -0.15) is 0 Å². The van der Waals surface area contributed by atoms with Gasteiger partial charge in [0, 0.05) is 10.7 Å². The number of rotatable bonds is 5. The number of hydrogen-bond donors (Lipinski definition) is 0. The Kier molecular flexibility index (Phi) is 6.21. The fourth-order valence-corrected chi connectivity index (χ4v) is 3.95. The van der Waals surface area contributed by atoms with Crippen molar-refractivity contribution < 1.29 is 18.7 Å². The molecular weight excluding hydrogens is 465 g/mol. The van der Waals surface area contributed by atoms with Gasteiger partial charge in [-0.25, -0.2) is 23.5 Å². The molecule has 4 aromatic rings. The Morgan fingerprint density at radius 1 is 1.12 bits per heavy atom. The van der Waals surface area contributed by atoms with E-state index in [-0.39, 0.29) is 28.2 Å². The van der Waals surface area contributed by atoms with Crippen LogP contribution < -0.4 is 16.0 Å². The minimum absolute atomic E-state index is 0.0265. The molecule has 2 heterocycles. The fraction of sp³-hybridized carbons (Fsp3) is 0.167. The summed E-state index contributed by atoms with van der Waals surface area (Å²) in [5.41, 5.74) is -0.523. The molecule has 4 rings (SSSR count). The highest BCUT2D eigenvalue weighted by Gasteiger charge is 2.24. The van der Waals surface area contributed by atoms with E-state index in [2.05, 4.69) is 4.98 Å². The van der Waals surface area contributed by atoms with Crippen molar-refractivity contribution in [2.24, 2.45) is 0 Å². The van der Waals surface area contributed by atoms with Crippen LogP contribution in [0.1, 0.15) is 21.6 Å². The van der Waals surface area contributed by atoms with E-state index in [1.165, 1.54) is 37.0 Å². The van der Waals surface area contributed by atoms with Gasteiger partial charge in [0.15, 0.2) is 5.65 Å². The minimum Gasteiger partial charge on any atom is -0.495 e. The number of pyridine rings is 1. The first-order valence-corrected chi connectivity index (χ1v) is 10.5. The van der Waals surface area contributed by atoms with Gasteiger partial charge in [-0.05, 0) is 42.8 Å². The number of carbonyl (C=O) groups excluding carboxylic acids is 1. The van der Waals surface area contributed by atoms with E-state index >= 15 is 0 Å². The number of methoxy groups -OCH3 is 2. The lowest BCUT2D eigenvalue weighted by Crippen LogP contribution is -2.41. The monoisotopic (exact) mass is 483 g/mol. The topological polar surface area (TPSA) is 92.4 Å². The number of fused-ring (bicyclic) bond motifs is 1. The summed E-state index contributed by atoms with van der Waals surface area (Å²) in [6, 6.07) is 11.8. The largest absolute Gasteiger partial charge is 0.495 e. The van der Waals surface area contributed by atoms with Crippen molar-refractivity contribution in [1.82, 2.24) is 14.1 Å². The van der Waals surface area contributed by atoms with Gasteiger partial charge in [0.25, 0.3) is 5.56 Å². The highest BCUT2D eigenvalue weighted by molar-refractivity contribution is 6.31. The summed E-state index contributed by atoms with van der Waals surface area (Å²) >= 11 is 6.16. The van der Waals surface area contributed by atoms with Crippen LogP contribution in [0, 0.1) is 12.7 Å². The molecule has 10 heteroatoms. The first kappa shape index (κ1) is 23.2. The first-order chi connectivity index (χ1) is 16.3. The van der Waals surface area contributed by atoms with Crippen LogP contribution in [-0.4, -0.2) is 34.3 Å². The lowest BCUT2D eigenvalue weighted by atomic mass is 10.1. The maximum atomic E-state index is 13.7. The number of esters is 1. The molecule has 34 heavy (non-hydrogen) atoms. The van der Waals surface area contributed by atoms with Crippen LogP contribution in [0.3, 0.4) is 0 Å². The first-order valence-electron chi connectivity index (χ1n) is 10.1. The third-order valence-corrected chi connectivity index (χ3v) is 5.65. The second-order valence-corrected chi connectivity index (χ2v) is 7.83. The summed E-state index contributed by atoms with van der Waals surface area (Å²) in [5.74, 6) is -0.971. The molecule has 0 saturated carbocycles. The summed E-state index contributed by atoms with van der Waals surface area (Å²) in [6.45, 7) is 1.36. The minimum atomic E-state index is -0.764. The zero-order valence-corrected chi connectivity index (χ0v) is 19.2. The van der Waals surface area contributed by atoms with Crippen molar-refractivity contribution >= 4 is 28.6 Å². The molecule has 2 aromatic carbocycles. The van der Waals surface area contributed by atoms with Crippen LogP contribution >= 0.6 is 11.6 Å². The Morgan fingerprint density at radius 3 is 2.53 bits per heavy atom. The smallest absolute Gasteiger partial charge is 0.338 e. The molecule has 0 aliphatic carbocycles. The molecular formula is C24H19ClFN3O5. The van der Waals surface area contributed by atoms with Crippen LogP contribution in [0.25, 0.3) is 16.7 Å². The third kappa shape index (κ3) is 3.94. The van der Waals surface area contributed by atoms with Gasteiger partial charge in [-0.3, -0.25) is 9.36 Å². The molecule has 0 aliphatic rings. The van der Waals surface area contributed by atoms with Gasteiger partial charge in [-0.1, -0.05) is 29.8 Å². The second-order valence-electron chi connectivity index (χ2n) is 7.42. The number of aromatic nitrogens is 3. The summed E-state index contributed by atoms with van der Waals surface area (Å²) < 4.78 is 26.0. The highest BCUT2D eigenvalue weighted by atomic mass is 35.5. The van der Waals surface area contributed by atoms with Gasteiger partial charge < -0.3 is 9.47 Å². The fourth-order valence-electron chi connectivity index (χ4n) is 3.72. The zero-order valence-electron chi connectivity index (χ0n) is 18.5. The van der Waals surface area contributed by atoms with Crippen LogP contribution in [0.4, 0.5) is 4.39 Å². The van der Waals surface area contributed by atoms with Crippen molar-refractivity contribution in [2.75, 3.05) is 14.2 Å². The van der Waals surface area contributed by atoms with Gasteiger partial charge in [-0.15, -0.1) is 0 Å². The molecule has 174 valence electrons. The number of nitrogens with zero attached hydrogens (tertiary/aromatic N) is 3. The summed E-state index contributed by atoms with van der Waals surface area (Å²) in [7, 11) is 2.63. The maximum Gasteiger partial charge on any atom is 0.338 e. The number of halogens is 2. The molecule has 2 aromatic heterocycles. The number of ether oxygens (including phenoxy) is 2. The molecule has 0 fully saturated rings. The van der Waals surface area contributed by atoms with Crippen LogP contribution in [0.5, 0.6) is 5.75 Å². The van der Waals surface area contributed by atoms with E-state index in [0.717, 1.165) is 10.6 Å². The Morgan fingerprint density at radius 2 is 1.85 bits per heavy atom. The van der Waals surface area contributed by atoms with Crippen molar-refractivity contribution in [2.45, 2.75) is 13.5 Å². The second kappa shape index (κ2) is 9.11.